The van der Waals surface area contributed by atoms with Gasteiger partial charge in [-0.1, -0.05) is 36.5 Å². The number of carbonyl (C=O) groups is 1. The largest absolute Gasteiger partial charge is 0.490 e. The van der Waals surface area contributed by atoms with E-state index in [0.29, 0.717) is 18.0 Å². The van der Waals surface area contributed by atoms with Crippen molar-refractivity contribution in [2.24, 2.45) is 0 Å². The number of amides is 1. The first-order chi connectivity index (χ1) is 8.04. The second-order valence-corrected chi connectivity index (χ2v) is 4.22. The topological polar surface area (TPSA) is 58.6 Å². The molecule has 2 N–H and O–H groups in total. The van der Waals surface area contributed by atoms with Gasteiger partial charge in [0.05, 0.1) is 16.7 Å². The van der Waals surface area contributed by atoms with E-state index in [-0.39, 0.29) is 10.0 Å². The summed E-state index contributed by atoms with van der Waals surface area (Å²) < 4.78 is 5.43. The van der Waals surface area contributed by atoms with E-state index in [1.165, 1.54) is 12.1 Å². The first kappa shape index (κ1) is 13.9. The monoisotopic (exact) mass is 277 g/mol. The molecule has 0 aliphatic carbocycles. The number of unbranched alkanes of at least 4 members (excludes halogenated alkanes) is 1. The molecule has 6 heteroatoms. The van der Waals surface area contributed by atoms with Crippen LogP contribution < -0.4 is 10.1 Å². The molecule has 17 heavy (non-hydrogen) atoms. The molecule has 0 aliphatic rings. The van der Waals surface area contributed by atoms with Crippen LogP contribution in [0.25, 0.3) is 0 Å². The van der Waals surface area contributed by atoms with Crippen LogP contribution in [-0.2, 0) is 0 Å². The van der Waals surface area contributed by atoms with Crippen molar-refractivity contribution in [1.82, 2.24) is 0 Å². The van der Waals surface area contributed by atoms with Crippen LogP contribution in [0, 0.1) is 0 Å². The van der Waals surface area contributed by atoms with E-state index in [1.54, 1.807) is 0 Å². The minimum Gasteiger partial charge on any atom is -0.490 e. The Labute approximate surface area is 109 Å². The fourth-order valence-electron chi connectivity index (χ4n) is 1.21. The van der Waals surface area contributed by atoms with E-state index in [0.717, 1.165) is 12.8 Å². The zero-order valence-corrected chi connectivity index (χ0v) is 10.8. The van der Waals surface area contributed by atoms with Gasteiger partial charge >= 0.3 is 6.09 Å². The summed E-state index contributed by atoms with van der Waals surface area (Å²) in [5, 5.41) is 11.3. The van der Waals surface area contributed by atoms with Crippen molar-refractivity contribution in [3.63, 3.8) is 0 Å². The Bertz CT molecular complexity index is 387. The van der Waals surface area contributed by atoms with Crippen LogP contribution in [0.4, 0.5) is 10.5 Å². The molecule has 0 spiro atoms. The molecule has 94 valence electrons. The average Bonchev–Trinajstić information content (AvgIpc) is 2.21. The van der Waals surface area contributed by atoms with Crippen molar-refractivity contribution >= 4 is 35.0 Å². The molecule has 1 aromatic carbocycles. The zero-order chi connectivity index (χ0) is 12.8. The predicted octanol–water partition coefficient (Wildman–Crippen LogP) is 4.26. The lowest BCUT2D eigenvalue weighted by atomic mass is 10.3. The summed E-state index contributed by atoms with van der Waals surface area (Å²) in [7, 11) is 0. The normalized spacial score (nSPS) is 10.1. The van der Waals surface area contributed by atoms with Crippen molar-refractivity contribution in [3.05, 3.63) is 22.2 Å². The van der Waals surface area contributed by atoms with Crippen molar-refractivity contribution in [1.29, 1.82) is 0 Å². The van der Waals surface area contributed by atoms with Crippen LogP contribution >= 0.6 is 23.2 Å². The number of hydrogen-bond donors (Lipinski definition) is 2. The van der Waals surface area contributed by atoms with Crippen molar-refractivity contribution in [2.75, 3.05) is 11.9 Å². The number of halogens is 2. The number of ether oxygens (including phenoxy) is 1. The average molecular weight is 278 g/mol. The molecule has 0 fully saturated rings. The van der Waals surface area contributed by atoms with E-state index >= 15 is 0 Å². The number of carboxylic acid groups (broad SMARTS) is 1. The van der Waals surface area contributed by atoms with E-state index in [1.807, 2.05) is 6.92 Å². The molecule has 1 rings (SSSR count). The second kappa shape index (κ2) is 6.57. The first-order valence-corrected chi connectivity index (χ1v) is 5.92. The van der Waals surface area contributed by atoms with Crippen LogP contribution in [0.3, 0.4) is 0 Å². The van der Waals surface area contributed by atoms with Gasteiger partial charge < -0.3 is 9.84 Å². The Kier molecular flexibility index (Phi) is 5.38. The molecule has 1 amide bonds. The lowest BCUT2D eigenvalue weighted by Gasteiger charge is -2.11. The minimum atomic E-state index is -1.17. The van der Waals surface area contributed by atoms with Crippen LogP contribution in [0.5, 0.6) is 5.75 Å². The first-order valence-electron chi connectivity index (χ1n) is 5.16. The van der Waals surface area contributed by atoms with Gasteiger partial charge in [-0.3, -0.25) is 5.32 Å². The van der Waals surface area contributed by atoms with E-state index in [9.17, 15) is 4.79 Å². The highest BCUT2D eigenvalue weighted by Gasteiger charge is 2.10. The third-order valence-electron chi connectivity index (χ3n) is 1.99. The van der Waals surface area contributed by atoms with Crippen molar-refractivity contribution in [3.8, 4) is 5.75 Å². The third kappa shape index (κ3) is 4.32. The molecule has 0 atom stereocenters. The van der Waals surface area contributed by atoms with E-state index < -0.39 is 6.09 Å². The smallest absolute Gasteiger partial charge is 0.409 e. The Morgan fingerprint density at radius 2 is 2.00 bits per heavy atom. The molecule has 4 nitrogen and oxygen atoms in total. The summed E-state index contributed by atoms with van der Waals surface area (Å²) in [4.78, 5) is 10.5. The molecule has 0 aliphatic heterocycles. The summed E-state index contributed by atoms with van der Waals surface area (Å²) >= 11 is 11.9. The maximum atomic E-state index is 10.5. The maximum absolute atomic E-state index is 10.5. The quantitative estimate of drug-likeness (QED) is 0.791. The summed E-state index contributed by atoms with van der Waals surface area (Å²) in [5.41, 5.74) is 0.315. The molecule has 0 unspecified atom stereocenters. The summed E-state index contributed by atoms with van der Waals surface area (Å²) in [6.07, 6.45) is 0.743. The molecular formula is C11H13Cl2NO3. The van der Waals surface area contributed by atoms with Gasteiger partial charge in [0.25, 0.3) is 0 Å². The van der Waals surface area contributed by atoms with Gasteiger partial charge in [-0.05, 0) is 18.6 Å². The number of hydrogen-bond acceptors (Lipinski definition) is 2. The highest BCUT2D eigenvalue weighted by Crippen LogP contribution is 2.36. The molecule has 0 aromatic heterocycles. The fraction of sp³-hybridized carbons (Fsp3) is 0.364. The molecule has 0 bridgehead atoms. The van der Waals surface area contributed by atoms with E-state index in [2.05, 4.69) is 5.32 Å². The molecular weight excluding hydrogens is 265 g/mol. The molecule has 0 radical (unpaired) electrons. The van der Waals surface area contributed by atoms with Gasteiger partial charge in [0.1, 0.15) is 0 Å². The van der Waals surface area contributed by atoms with Crippen LogP contribution in [0.2, 0.25) is 10.0 Å². The van der Waals surface area contributed by atoms with Crippen molar-refractivity contribution in [2.45, 2.75) is 19.8 Å². The lowest BCUT2D eigenvalue weighted by Crippen LogP contribution is -2.07. The van der Waals surface area contributed by atoms with Gasteiger partial charge in [0.15, 0.2) is 5.75 Å². The Hall–Kier alpha value is -1.13. The van der Waals surface area contributed by atoms with Gasteiger partial charge in [0, 0.05) is 5.69 Å². The Balaban J connectivity index is 2.82. The number of benzene rings is 1. The number of anilines is 1. The van der Waals surface area contributed by atoms with Crippen LogP contribution in [0.1, 0.15) is 19.8 Å². The number of rotatable bonds is 5. The third-order valence-corrected chi connectivity index (χ3v) is 2.56. The second-order valence-electron chi connectivity index (χ2n) is 3.40. The Morgan fingerprint density at radius 3 is 2.47 bits per heavy atom. The molecule has 0 heterocycles. The molecule has 0 saturated carbocycles. The van der Waals surface area contributed by atoms with Gasteiger partial charge in [-0.15, -0.1) is 0 Å². The van der Waals surface area contributed by atoms with Gasteiger partial charge in [-0.25, -0.2) is 4.79 Å². The minimum absolute atomic E-state index is 0.289. The summed E-state index contributed by atoms with van der Waals surface area (Å²) in [6, 6.07) is 2.92. The number of nitrogens with one attached hydrogen (secondary N) is 1. The van der Waals surface area contributed by atoms with Crippen LogP contribution in [0.15, 0.2) is 12.1 Å². The molecule has 1 aromatic rings. The summed E-state index contributed by atoms with van der Waals surface area (Å²) in [6.45, 7) is 2.58. The van der Waals surface area contributed by atoms with Crippen molar-refractivity contribution < 1.29 is 14.6 Å². The van der Waals surface area contributed by atoms with Gasteiger partial charge in [0.2, 0.25) is 0 Å². The molecule has 0 saturated heterocycles. The SMILES string of the molecule is CCCCOc1c(Cl)cc(NC(=O)O)cc1Cl. The van der Waals surface area contributed by atoms with Gasteiger partial charge in [-0.2, -0.15) is 0 Å². The maximum Gasteiger partial charge on any atom is 0.409 e. The standard InChI is InChI=1S/C11H13Cl2NO3/c1-2-3-4-17-10-8(12)5-7(6-9(10)13)14-11(15)16/h5-6,14H,2-4H2,1H3,(H,15,16). The Morgan fingerprint density at radius 1 is 1.41 bits per heavy atom. The highest BCUT2D eigenvalue weighted by molar-refractivity contribution is 6.37. The highest BCUT2D eigenvalue weighted by atomic mass is 35.5. The fourth-order valence-corrected chi connectivity index (χ4v) is 1.81. The predicted molar refractivity (Wildman–Crippen MR) is 68.5 cm³/mol. The van der Waals surface area contributed by atoms with Crippen LogP contribution in [-0.4, -0.2) is 17.8 Å². The lowest BCUT2D eigenvalue weighted by molar-refractivity contribution is 0.209. The van der Waals surface area contributed by atoms with E-state index in [4.69, 9.17) is 33.0 Å². The summed E-state index contributed by atoms with van der Waals surface area (Å²) in [5.74, 6) is 0.387. The zero-order valence-electron chi connectivity index (χ0n) is 9.30.